The van der Waals surface area contributed by atoms with Crippen LogP contribution in [0.1, 0.15) is 41.7 Å². The first-order valence-corrected chi connectivity index (χ1v) is 8.56. The van der Waals surface area contributed by atoms with E-state index in [-0.39, 0.29) is 17.7 Å². The molecule has 128 valence electrons. The zero-order valence-electron chi connectivity index (χ0n) is 14.3. The van der Waals surface area contributed by atoms with Crippen molar-refractivity contribution in [3.8, 4) is 0 Å². The summed E-state index contributed by atoms with van der Waals surface area (Å²) in [6, 6.07) is 11.2. The van der Waals surface area contributed by atoms with Crippen LogP contribution >= 0.6 is 0 Å². The SMILES string of the molecule is CC(C)[C@@H]1c2[nH]c3ccccc3c2CCN1C(=O)C(=O)c1ccco1. The molecular weight excluding hydrogens is 316 g/mol. The molecule has 0 saturated heterocycles. The molecule has 0 spiro atoms. The number of carbonyl (C=O) groups is 2. The summed E-state index contributed by atoms with van der Waals surface area (Å²) in [4.78, 5) is 30.5. The number of para-hydroxylation sites is 1. The minimum absolute atomic E-state index is 0.0925. The van der Waals surface area contributed by atoms with Crippen LogP contribution < -0.4 is 0 Å². The van der Waals surface area contributed by atoms with Crippen molar-refractivity contribution in [1.82, 2.24) is 9.88 Å². The number of furan rings is 1. The van der Waals surface area contributed by atoms with Crippen LogP contribution in [0.25, 0.3) is 10.9 Å². The second-order valence-corrected chi connectivity index (χ2v) is 6.81. The van der Waals surface area contributed by atoms with Gasteiger partial charge in [-0.25, -0.2) is 0 Å². The van der Waals surface area contributed by atoms with Gasteiger partial charge >= 0.3 is 0 Å². The second kappa shape index (κ2) is 5.92. The average Bonchev–Trinajstić information content (AvgIpc) is 3.26. The van der Waals surface area contributed by atoms with Gasteiger partial charge in [0.15, 0.2) is 5.76 Å². The van der Waals surface area contributed by atoms with Crippen LogP contribution in [0.2, 0.25) is 0 Å². The first kappa shape index (κ1) is 15.7. The van der Waals surface area contributed by atoms with Crippen molar-refractivity contribution in [3.05, 3.63) is 59.7 Å². The lowest BCUT2D eigenvalue weighted by Crippen LogP contribution is -2.45. The van der Waals surface area contributed by atoms with Gasteiger partial charge in [-0.1, -0.05) is 32.0 Å². The third-order valence-electron chi connectivity index (χ3n) is 4.91. The number of carbonyl (C=O) groups excluding carboxylic acids is 2. The molecule has 3 aromatic rings. The molecule has 1 aromatic carbocycles. The molecule has 4 rings (SSSR count). The number of H-pyrrole nitrogens is 1. The molecule has 1 amide bonds. The highest BCUT2D eigenvalue weighted by molar-refractivity contribution is 6.42. The van der Waals surface area contributed by atoms with Gasteiger partial charge in [0.1, 0.15) is 0 Å². The lowest BCUT2D eigenvalue weighted by Gasteiger charge is -2.37. The molecule has 1 aliphatic rings. The number of benzene rings is 1. The van der Waals surface area contributed by atoms with Crippen molar-refractivity contribution in [1.29, 1.82) is 0 Å². The summed E-state index contributed by atoms with van der Waals surface area (Å²) in [5.74, 6) is -0.816. The number of fused-ring (bicyclic) bond motifs is 3. The van der Waals surface area contributed by atoms with Crippen molar-refractivity contribution < 1.29 is 14.0 Å². The van der Waals surface area contributed by atoms with Gasteiger partial charge in [-0.2, -0.15) is 0 Å². The number of Topliss-reactive ketones (excluding diaryl/α,β-unsaturated/α-hetero) is 1. The molecule has 0 unspecified atom stereocenters. The molecule has 1 N–H and O–H groups in total. The number of amides is 1. The van der Waals surface area contributed by atoms with Gasteiger partial charge in [-0.15, -0.1) is 0 Å². The number of ketones is 1. The van der Waals surface area contributed by atoms with E-state index in [9.17, 15) is 9.59 Å². The van der Waals surface area contributed by atoms with Crippen molar-refractivity contribution >= 4 is 22.6 Å². The molecule has 0 fully saturated rings. The van der Waals surface area contributed by atoms with Crippen LogP contribution in [0.4, 0.5) is 0 Å². The number of hydrogen-bond donors (Lipinski definition) is 1. The van der Waals surface area contributed by atoms with Crippen molar-refractivity contribution in [3.63, 3.8) is 0 Å². The van der Waals surface area contributed by atoms with Crippen molar-refractivity contribution in [2.24, 2.45) is 5.92 Å². The topological polar surface area (TPSA) is 66.3 Å². The van der Waals surface area contributed by atoms with Crippen molar-refractivity contribution in [2.45, 2.75) is 26.3 Å². The molecule has 1 aliphatic heterocycles. The molecular formula is C20H20N2O3. The Morgan fingerprint density at radius 2 is 2.00 bits per heavy atom. The Hall–Kier alpha value is -2.82. The van der Waals surface area contributed by atoms with E-state index in [2.05, 4.69) is 24.9 Å². The van der Waals surface area contributed by atoms with Crippen molar-refractivity contribution in [2.75, 3.05) is 6.54 Å². The normalized spacial score (nSPS) is 17.1. The Kier molecular flexibility index (Phi) is 3.71. The van der Waals surface area contributed by atoms with Crippen LogP contribution in [0, 0.1) is 5.92 Å². The van der Waals surface area contributed by atoms with E-state index >= 15 is 0 Å². The monoisotopic (exact) mass is 336 g/mol. The van der Waals surface area contributed by atoms with Crippen LogP contribution in [0.15, 0.2) is 47.1 Å². The average molecular weight is 336 g/mol. The maximum absolute atomic E-state index is 12.8. The highest BCUT2D eigenvalue weighted by atomic mass is 16.3. The molecule has 2 aromatic heterocycles. The van der Waals surface area contributed by atoms with Crippen LogP contribution in [-0.2, 0) is 11.2 Å². The maximum atomic E-state index is 12.8. The Morgan fingerprint density at radius 1 is 1.20 bits per heavy atom. The summed E-state index contributed by atoms with van der Waals surface area (Å²) >= 11 is 0. The van der Waals surface area contributed by atoms with Gasteiger partial charge < -0.3 is 14.3 Å². The molecule has 0 radical (unpaired) electrons. The molecule has 0 bridgehead atoms. The van der Waals surface area contributed by atoms with E-state index in [0.29, 0.717) is 6.54 Å². The number of rotatable bonds is 3. The summed E-state index contributed by atoms with van der Waals surface area (Å²) in [5.41, 5.74) is 3.37. The third kappa shape index (κ3) is 2.47. The quantitative estimate of drug-likeness (QED) is 0.585. The zero-order valence-corrected chi connectivity index (χ0v) is 14.3. The first-order valence-electron chi connectivity index (χ1n) is 8.56. The molecule has 1 atom stereocenters. The van der Waals surface area contributed by atoms with Crippen LogP contribution in [0.3, 0.4) is 0 Å². The van der Waals surface area contributed by atoms with E-state index in [1.165, 1.54) is 23.3 Å². The number of nitrogens with zero attached hydrogens (tertiary/aromatic N) is 1. The standard InChI is InChI=1S/C20H20N2O3/c1-12(2)18-17-14(13-6-3-4-7-15(13)21-17)9-10-22(18)20(24)19(23)16-8-5-11-25-16/h3-8,11-12,18,21H,9-10H2,1-2H3/t18-/m1/s1. The zero-order chi connectivity index (χ0) is 17.6. The van der Waals surface area contributed by atoms with E-state index in [1.54, 1.807) is 11.0 Å². The fourth-order valence-corrected chi connectivity index (χ4v) is 3.83. The lowest BCUT2D eigenvalue weighted by atomic mass is 9.90. The summed E-state index contributed by atoms with van der Waals surface area (Å²) in [7, 11) is 0. The van der Waals surface area contributed by atoms with Gasteiger partial charge in [0.2, 0.25) is 0 Å². The van der Waals surface area contributed by atoms with E-state index in [4.69, 9.17) is 4.42 Å². The summed E-state index contributed by atoms with van der Waals surface area (Å²) in [5, 5.41) is 1.20. The van der Waals surface area contributed by atoms with Gasteiger partial charge in [-0.3, -0.25) is 9.59 Å². The van der Waals surface area contributed by atoms with Gasteiger partial charge in [0.05, 0.1) is 12.3 Å². The Morgan fingerprint density at radius 3 is 2.72 bits per heavy atom. The van der Waals surface area contributed by atoms with Gasteiger partial charge in [0.25, 0.3) is 11.7 Å². The molecule has 5 heteroatoms. The first-order chi connectivity index (χ1) is 12.1. The molecule has 3 heterocycles. The van der Waals surface area contributed by atoms with Crippen LogP contribution in [-0.4, -0.2) is 28.1 Å². The van der Waals surface area contributed by atoms with E-state index in [1.807, 2.05) is 18.2 Å². The predicted molar refractivity (Wildman–Crippen MR) is 94.3 cm³/mol. The fourth-order valence-electron chi connectivity index (χ4n) is 3.83. The largest absolute Gasteiger partial charge is 0.461 e. The highest BCUT2D eigenvalue weighted by Gasteiger charge is 2.38. The third-order valence-corrected chi connectivity index (χ3v) is 4.91. The lowest BCUT2D eigenvalue weighted by molar-refractivity contribution is -0.130. The maximum Gasteiger partial charge on any atom is 0.298 e. The number of aromatic amines is 1. The summed E-state index contributed by atoms with van der Waals surface area (Å²) in [6.07, 6.45) is 2.15. The van der Waals surface area contributed by atoms with Gasteiger partial charge in [0, 0.05) is 23.1 Å². The number of nitrogens with one attached hydrogen (secondary N) is 1. The Labute approximate surface area is 145 Å². The number of hydrogen-bond acceptors (Lipinski definition) is 3. The number of aromatic nitrogens is 1. The fraction of sp³-hybridized carbons (Fsp3) is 0.300. The van der Waals surface area contributed by atoms with Gasteiger partial charge in [-0.05, 0) is 36.1 Å². The van der Waals surface area contributed by atoms with E-state index in [0.717, 1.165) is 17.6 Å². The predicted octanol–water partition coefficient (Wildman–Crippen LogP) is 3.73. The molecule has 0 aliphatic carbocycles. The molecule has 5 nitrogen and oxygen atoms in total. The second-order valence-electron chi connectivity index (χ2n) is 6.81. The smallest absolute Gasteiger partial charge is 0.298 e. The molecule has 25 heavy (non-hydrogen) atoms. The molecule has 0 saturated carbocycles. The highest BCUT2D eigenvalue weighted by Crippen LogP contribution is 2.38. The van der Waals surface area contributed by atoms with Crippen LogP contribution in [0.5, 0.6) is 0 Å². The Balaban J connectivity index is 1.75. The summed E-state index contributed by atoms with van der Waals surface area (Å²) < 4.78 is 5.12. The van der Waals surface area contributed by atoms with E-state index < -0.39 is 11.7 Å². The minimum Gasteiger partial charge on any atom is -0.461 e. The minimum atomic E-state index is -0.588. The Bertz CT molecular complexity index is 937. The summed E-state index contributed by atoms with van der Waals surface area (Å²) in [6.45, 7) is 4.68.